The number of carbonyl (C=O) groups excluding carboxylic acids is 2. The number of hydrazine groups is 1. The first-order valence-corrected chi connectivity index (χ1v) is 9.18. The standard InChI is InChI=1S/C22H26N2O3/c1-14-9-15(2)11-18(10-14)22(7-8-22)21(26)24-23-20(25)13-27-19-6-5-16(3)17(4)12-19/h5-6,9-12H,7-8,13H2,1-4H3,(H,23,25)(H,24,26). The van der Waals surface area contributed by atoms with Crippen molar-refractivity contribution in [2.24, 2.45) is 0 Å². The van der Waals surface area contributed by atoms with Gasteiger partial charge in [-0.3, -0.25) is 20.4 Å². The Balaban J connectivity index is 1.54. The molecule has 1 saturated carbocycles. The number of rotatable bonds is 5. The summed E-state index contributed by atoms with van der Waals surface area (Å²) in [5.74, 6) is 0.0679. The van der Waals surface area contributed by atoms with Crippen LogP contribution in [0.15, 0.2) is 36.4 Å². The van der Waals surface area contributed by atoms with Gasteiger partial charge in [-0.15, -0.1) is 0 Å². The molecule has 5 heteroatoms. The van der Waals surface area contributed by atoms with E-state index in [1.54, 1.807) is 0 Å². The molecule has 0 unspecified atom stereocenters. The van der Waals surface area contributed by atoms with E-state index in [0.29, 0.717) is 5.75 Å². The van der Waals surface area contributed by atoms with E-state index in [4.69, 9.17) is 4.74 Å². The highest BCUT2D eigenvalue weighted by Crippen LogP contribution is 2.48. The first-order chi connectivity index (χ1) is 12.8. The lowest BCUT2D eigenvalue weighted by atomic mass is 9.92. The van der Waals surface area contributed by atoms with E-state index >= 15 is 0 Å². The van der Waals surface area contributed by atoms with Crippen LogP contribution in [0, 0.1) is 27.7 Å². The Hall–Kier alpha value is -2.82. The van der Waals surface area contributed by atoms with Crippen molar-refractivity contribution in [3.63, 3.8) is 0 Å². The molecule has 0 saturated heterocycles. The molecule has 0 heterocycles. The molecule has 1 aliphatic carbocycles. The molecule has 2 aromatic carbocycles. The van der Waals surface area contributed by atoms with E-state index in [2.05, 4.69) is 16.9 Å². The number of ether oxygens (including phenoxy) is 1. The number of aryl methyl sites for hydroxylation is 4. The van der Waals surface area contributed by atoms with Crippen LogP contribution < -0.4 is 15.6 Å². The average Bonchev–Trinajstić information content (AvgIpc) is 3.42. The van der Waals surface area contributed by atoms with Crippen LogP contribution in [0.4, 0.5) is 0 Å². The van der Waals surface area contributed by atoms with Crippen LogP contribution in [-0.4, -0.2) is 18.4 Å². The van der Waals surface area contributed by atoms with Gasteiger partial charge in [0.1, 0.15) is 5.75 Å². The fraction of sp³-hybridized carbons (Fsp3) is 0.364. The zero-order valence-corrected chi connectivity index (χ0v) is 16.3. The van der Waals surface area contributed by atoms with E-state index in [9.17, 15) is 9.59 Å². The molecule has 0 spiro atoms. The van der Waals surface area contributed by atoms with Gasteiger partial charge >= 0.3 is 0 Å². The largest absolute Gasteiger partial charge is 0.484 e. The average molecular weight is 366 g/mol. The fourth-order valence-corrected chi connectivity index (χ4v) is 3.26. The van der Waals surface area contributed by atoms with E-state index < -0.39 is 11.3 Å². The number of amides is 2. The zero-order chi connectivity index (χ0) is 19.6. The quantitative estimate of drug-likeness (QED) is 0.799. The minimum atomic E-state index is -0.529. The molecule has 0 radical (unpaired) electrons. The third-order valence-electron chi connectivity index (χ3n) is 5.12. The molecule has 2 N–H and O–H groups in total. The zero-order valence-electron chi connectivity index (χ0n) is 16.3. The summed E-state index contributed by atoms with van der Waals surface area (Å²) in [6.45, 7) is 7.90. The molecule has 2 amide bonds. The summed E-state index contributed by atoms with van der Waals surface area (Å²) in [5.41, 5.74) is 10.0. The van der Waals surface area contributed by atoms with Gasteiger partial charge < -0.3 is 4.74 Å². The first-order valence-electron chi connectivity index (χ1n) is 9.18. The molecule has 1 aliphatic rings. The van der Waals surface area contributed by atoms with Crippen LogP contribution >= 0.6 is 0 Å². The van der Waals surface area contributed by atoms with Crippen LogP contribution in [0.1, 0.15) is 40.7 Å². The van der Waals surface area contributed by atoms with Crippen LogP contribution in [0.2, 0.25) is 0 Å². The highest BCUT2D eigenvalue weighted by atomic mass is 16.5. The molecule has 0 bridgehead atoms. The van der Waals surface area contributed by atoms with E-state index in [1.807, 2.05) is 58.0 Å². The molecule has 1 fully saturated rings. The summed E-state index contributed by atoms with van der Waals surface area (Å²) in [4.78, 5) is 24.7. The predicted octanol–water partition coefficient (Wildman–Crippen LogP) is 3.18. The lowest BCUT2D eigenvalue weighted by Crippen LogP contribution is -2.48. The molecular formula is C22H26N2O3. The van der Waals surface area contributed by atoms with Gasteiger partial charge in [0.25, 0.3) is 5.91 Å². The normalized spacial score (nSPS) is 14.4. The molecule has 0 aliphatic heterocycles. The topological polar surface area (TPSA) is 67.4 Å². The van der Waals surface area contributed by atoms with E-state index in [-0.39, 0.29) is 12.5 Å². The number of carbonyl (C=O) groups is 2. The maximum Gasteiger partial charge on any atom is 0.276 e. The van der Waals surface area contributed by atoms with Crippen molar-refractivity contribution >= 4 is 11.8 Å². The van der Waals surface area contributed by atoms with Gasteiger partial charge in [0.05, 0.1) is 5.41 Å². The van der Waals surface area contributed by atoms with Gasteiger partial charge in [0.2, 0.25) is 5.91 Å². The van der Waals surface area contributed by atoms with Gasteiger partial charge in [-0.2, -0.15) is 0 Å². The first kappa shape index (κ1) is 19.0. The van der Waals surface area contributed by atoms with Crippen molar-refractivity contribution in [2.75, 3.05) is 6.61 Å². The van der Waals surface area contributed by atoms with Crippen molar-refractivity contribution in [2.45, 2.75) is 46.0 Å². The lowest BCUT2D eigenvalue weighted by Gasteiger charge is -2.17. The minimum Gasteiger partial charge on any atom is -0.484 e. The Bertz CT molecular complexity index is 865. The second kappa shape index (κ2) is 7.43. The Labute approximate surface area is 160 Å². The SMILES string of the molecule is Cc1cc(C)cc(C2(C(=O)NNC(=O)COc3ccc(C)c(C)c3)CC2)c1. The highest BCUT2D eigenvalue weighted by molar-refractivity contribution is 5.93. The maximum absolute atomic E-state index is 12.6. The van der Waals surface area contributed by atoms with Gasteiger partial charge in [-0.25, -0.2) is 0 Å². The summed E-state index contributed by atoms with van der Waals surface area (Å²) < 4.78 is 5.49. The molecule has 0 aromatic heterocycles. The van der Waals surface area contributed by atoms with Gasteiger partial charge in [-0.05, 0) is 69.4 Å². The molecule has 2 aromatic rings. The molecule has 142 valence electrons. The maximum atomic E-state index is 12.6. The minimum absolute atomic E-state index is 0.153. The molecule has 0 atom stereocenters. The monoisotopic (exact) mass is 366 g/mol. The Morgan fingerprint density at radius 2 is 1.59 bits per heavy atom. The molecule has 5 nitrogen and oxygen atoms in total. The van der Waals surface area contributed by atoms with Crippen LogP contribution in [-0.2, 0) is 15.0 Å². The van der Waals surface area contributed by atoms with Crippen LogP contribution in [0.5, 0.6) is 5.75 Å². The summed E-state index contributed by atoms with van der Waals surface area (Å²) in [5, 5.41) is 0. The number of benzene rings is 2. The third-order valence-corrected chi connectivity index (χ3v) is 5.12. The second-order valence-electron chi connectivity index (χ2n) is 7.50. The summed E-state index contributed by atoms with van der Waals surface area (Å²) in [6.07, 6.45) is 1.58. The van der Waals surface area contributed by atoms with E-state index in [0.717, 1.165) is 35.1 Å². The van der Waals surface area contributed by atoms with Crippen molar-refractivity contribution in [3.8, 4) is 5.75 Å². The fourth-order valence-electron chi connectivity index (χ4n) is 3.26. The van der Waals surface area contributed by atoms with E-state index in [1.165, 1.54) is 5.56 Å². The summed E-state index contributed by atoms with van der Waals surface area (Å²) in [6, 6.07) is 11.8. The summed E-state index contributed by atoms with van der Waals surface area (Å²) in [7, 11) is 0. The molecule has 3 rings (SSSR count). The highest BCUT2D eigenvalue weighted by Gasteiger charge is 2.51. The predicted molar refractivity (Wildman–Crippen MR) is 105 cm³/mol. The van der Waals surface area contributed by atoms with Crippen molar-refractivity contribution in [1.29, 1.82) is 0 Å². The smallest absolute Gasteiger partial charge is 0.276 e. The summed E-state index contributed by atoms with van der Waals surface area (Å²) >= 11 is 0. The number of hydrogen-bond donors (Lipinski definition) is 2. The van der Waals surface area contributed by atoms with Gasteiger partial charge in [0.15, 0.2) is 6.61 Å². The Morgan fingerprint density at radius 1 is 0.926 bits per heavy atom. The van der Waals surface area contributed by atoms with Crippen molar-refractivity contribution < 1.29 is 14.3 Å². The van der Waals surface area contributed by atoms with Gasteiger partial charge in [-0.1, -0.05) is 35.4 Å². The van der Waals surface area contributed by atoms with Gasteiger partial charge in [0, 0.05) is 0 Å². The van der Waals surface area contributed by atoms with Crippen molar-refractivity contribution in [3.05, 3.63) is 64.2 Å². The molecule has 27 heavy (non-hydrogen) atoms. The molecular weight excluding hydrogens is 340 g/mol. The Morgan fingerprint density at radius 3 is 2.19 bits per heavy atom. The lowest BCUT2D eigenvalue weighted by molar-refractivity contribution is -0.131. The Kier molecular flexibility index (Phi) is 5.22. The van der Waals surface area contributed by atoms with Crippen molar-refractivity contribution in [1.82, 2.24) is 10.9 Å². The van der Waals surface area contributed by atoms with Crippen LogP contribution in [0.3, 0.4) is 0 Å². The third kappa shape index (κ3) is 4.30. The van der Waals surface area contributed by atoms with Crippen LogP contribution in [0.25, 0.3) is 0 Å². The number of hydrogen-bond acceptors (Lipinski definition) is 3. The second-order valence-corrected chi connectivity index (χ2v) is 7.50. The number of nitrogens with one attached hydrogen (secondary N) is 2.